The molecule has 0 amide bonds. The van der Waals surface area contributed by atoms with Crippen molar-refractivity contribution >= 4 is 13.3 Å². The number of nitrogens with zero attached hydrogens (tertiary/aromatic N) is 2. The highest BCUT2D eigenvalue weighted by Crippen LogP contribution is 2.57. The summed E-state index contributed by atoms with van der Waals surface area (Å²) in [6, 6.07) is 8.46. The maximum absolute atomic E-state index is 9.01. The molecule has 0 radical (unpaired) electrons. The van der Waals surface area contributed by atoms with Gasteiger partial charge in [0.1, 0.15) is 0 Å². The van der Waals surface area contributed by atoms with Crippen LogP contribution in [0.3, 0.4) is 0 Å². The molecule has 0 N–H and O–H groups in total. The van der Waals surface area contributed by atoms with E-state index in [1.165, 1.54) is 18.7 Å². The van der Waals surface area contributed by atoms with Crippen molar-refractivity contribution in [3.63, 3.8) is 0 Å². The van der Waals surface area contributed by atoms with Gasteiger partial charge in [0.25, 0.3) is 0 Å². The van der Waals surface area contributed by atoms with Crippen LogP contribution in [-0.4, -0.2) is 36.4 Å². The third-order valence-electron chi connectivity index (χ3n) is 4.57. The van der Waals surface area contributed by atoms with Crippen LogP contribution in [0.1, 0.15) is 36.5 Å². The van der Waals surface area contributed by atoms with Gasteiger partial charge in [0.2, 0.25) is 0 Å². The summed E-state index contributed by atoms with van der Waals surface area (Å²) >= 11 is 0. The molecular weight excluding hydrogens is 251 g/mol. The van der Waals surface area contributed by atoms with E-state index in [4.69, 9.17) is 5.26 Å². The van der Waals surface area contributed by atoms with Crippen molar-refractivity contribution in [2.24, 2.45) is 0 Å². The molecule has 1 fully saturated rings. The largest absolute Gasteiger partial charge is 0.281 e. The zero-order chi connectivity index (χ0) is 14.2. The number of hydrogen-bond donors (Lipinski definition) is 0. The lowest BCUT2D eigenvalue weighted by Gasteiger charge is -2.33. The molecule has 2 rings (SSSR count). The summed E-state index contributed by atoms with van der Waals surface area (Å²) < 4.78 is 2.53. The Bertz CT molecular complexity index is 567. The first-order valence-corrected chi connectivity index (χ1v) is 9.29. The van der Waals surface area contributed by atoms with Crippen molar-refractivity contribution in [2.45, 2.75) is 32.3 Å². The minimum atomic E-state index is -1.23. The number of rotatable bonds is 4. The van der Waals surface area contributed by atoms with Crippen LogP contribution in [0.5, 0.6) is 0 Å². The van der Waals surface area contributed by atoms with Crippen LogP contribution >= 0.6 is 7.04 Å². The fourth-order valence-electron chi connectivity index (χ4n) is 2.61. The molecule has 1 aromatic carbocycles. The highest BCUT2D eigenvalue weighted by atomic mass is 31.2. The van der Waals surface area contributed by atoms with Crippen LogP contribution in [0.25, 0.3) is 0 Å². The van der Waals surface area contributed by atoms with Crippen molar-refractivity contribution in [1.29, 1.82) is 5.26 Å². The molecule has 1 heterocycles. The zero-order valence-electron chi connectivity index (χ0n) is 12.3. The van der Waals surface area contributed by atoms with E-state index in [9.17, 15) is 0 Å². The van der Waals surface area contributed by atoms with Crippen LogP contribution in [0.15, 0.2) is 18.2 Å². The topological polar surface area (TPSA) is 26.8 Å². The van der Waals surface area contributed by atoms with Crippen molar-refractivity contribution in [3.8, 4) is 6.07 Å². The van der Waals surface area contributed by atoms with E-state index in [1.54, 1.807) is 0 Å². The van der Waals surface area contributed by atoms with Gasteiger partial charge < -0.3 is 0 Å². The Morgan fingerprint density at radius 3 is 2.47 bits per heavy atom. The van der Waals surface area contributed by atoms with E-state index >= 15 is 0 Å². The molecule has 3 unspecified atom stereocenters. The first-order valence-electron chi connectivity index (χ1n) is 6.84. The van der Waals surface area contributed by atoms with Crippen molar-refractivity contribution < 1.29 is 0 Å². The molecule has 0 spiro atoms. The van der Waals surface area contributed by atoms with Crippen LogP contribution in [0.4, 0.5) is 0 Å². The Morgan fingerprint density at radius 1 is 1.37 bits per heavy atom. The second-order valence-corrected chi connectivity index (χ2v) is 9.69. The van der Waals surface area contributed by atoms with Crippen molar-refractivity contribution in [3.05, 3.63) is 34.9 Å². The molecule has 0 aromatic heterocycles. The Balaban J connectivity index is 2.24. The predicted molar refractivity (Wildman–Crippen MR) is 85.3 cm³/mol. The molecule has 1 aliphatic rings. The summed E-state index contributed by atoms with van der Waals surface area (Å²) in [6.45, 7) is 11.4. The average Bonchev–Trinajstić information content (AvgIpc) is 3.21. The molecule has 102 valence electrons. The number of hydrogen-bond acceptors (Lipinski definition) is 2. The molecule has 3 atom stereocenters. The highest BCUT2D eigenvalue weighted by Gasteiger charge is 2.34. The van der Waals surface area contributed by atoms with Gasteiger partial charge in [-0.1, -0.05) is 39.3 Å². The maximum atomic E-state index is 9.01. The highest BCUT2D eigenvalue weighted by molar-refractivity contribution is 7.71. The van der Waals surface area contributed by atoms with Gasteiger partial charge in [-0.25, -0.2) is 0 Å². The van der Waals surface area contributed by atoms with E-state index in [0.717, 1.165) is 11.1 Å². The molecule has 2 nitrogen and oxygen atoms in total. The molecule has 1 saturated heterocycles. The zero-order valence-corrected chi connectivity index (χ0v) is 13.2. The molecule has 0 aliphatic carbocycles. The van der Waals surface area contributed by atoms with E-state index in [0.29, 0.717) is 11.6 Å². The number of benzene rings is 1. The lowest BCUT2D eigenvalue weighted by molar-refractivity contribution is 0.715. The normalized spacial score (nSPS) is 21.2. The fourth-order valence-corrected chi connectivity index (χ4v) is 5.27. The monoisotopic (exact) mass is 274 g/mol. The summed E-state index contributed by atoms with van der Waals surface area (Å²) in [5.74, 6) is 0.489. The SMILES string of the molecule is C=P(C)(C(C)C(C)c1ccc(C#N)c(C)c1)N1CC1. The first-order chi connectivity index (χ1) is 8.87. The Kier molecular flexibility index (Phi) is 3.90. The standard InChI is InChI=1S/C16H23N2P/c1-12-10-15(6-7-16(12)11-17)13(2)14(3)19(4,5)18-8-9-18/h6-7,10,13-14H,4,8-9H2,1-3,5H3. The summed E-state index contributed by atoms with van der Waals surface area (Å²) in [7, 11) is -1.23. The third kappa shape index (κ3) is 2.78. The first kappa shape index (κ1) is 14.4. The van der Waals surface area contributed by atoms with E-state index < -0.39 is 7.04 Å². The van der Waals surface area contributed by atoms with E-state index in [1.807, 2.05) is 13.0 Å². The van der Waals surface area contributed by atoms with Gasteiger partial charge in [-0.15, -0.1) is 0 Å². The lowest BCUT2D eigenvalue weighted by atomic mass is 9.95. The van der Waals surface area contributed by atoms with Gasteiger partial charge in [-0.3, -0.25) is 4.67 Å². The second-order valence-electron chi connectivity index (χ2n) is 5.88. The summed E-state index contributed by atoms with van der Waals surface area (Å²) in [6.07, 6.45) is 4.52. The molecule has 1 aliphatic heterocycles. The van der Waals surface area contributed by atoms with Gasteiger partial charge >= 0.3 is 0 Å². The Labute approximate surface area is 117 Å². The van der Waals surface area contributed by atoms with Crippen LogP contribution < -0.4 is 0 Å². The third-order valence-corrected chi connectivity index (χ3v) is 8.46. The van der Waals surface area contributed by atoms with Gasteiger partial charge in [-0.05, 0) is 42.4 Å². The van der Waals surface area contributed by atoms with Gasteiger partial charge in [-0.2, -0.15) is 5.26 Å². The minimum Gasteiger partial charge on any atom is -0.281 e. The minimum absolute atomic E-state index is 0.489. The molecule has 3 heteroatoms. The fraction of sp³-hybridized carbons (Fsp3) is 0.500. The molecular formula is C16H23N2P. The smallest absolute Gasteiger partial charge is 0.0994 e. The maximum Gasteiger partial charge on any atom is 0.0994 e. The van der Waals surface area contributed by atoms with Crippen LogP contribution in [0, 0.1) is 18.3 Å². The van der Waals surface area contributed by atoms with E-state index in [-0.39, 0.29) is 0 Å². The van der Waals surface area contributed by atoms with E-state index in [2.05, 4.69) is 49.7 Å². The Hall–Kier alpha value is -1.03. The van der Waals surface area contributed by atoms with Gasteiger partial charge in [0.15, 0.2) is 0 Å². The quantitative estimate of drug-likeness (QED) is 0.618. The number of aryl methyl sites for hydroxylation is 1. The summed E-state index contributed by atoms with van der Waals surface area (Å²) in [5.41, 5.74) is 3.78. The molecule has 0 saturated carbocycles. The van der Waals surface area contributed by atoms with Gasteiger partial charge in [0.05, 0.1) is 11.6 Å². The molecule has 0 bridgehead atoms. The summed E-state index contributed by atoms with van der Waals surface area (Å²) in [5, 5.41) is 9.01. The molecule has 1 aromatic rings. The lowest BCUT2D eigenvalue weighted by Crippen LogP contribution is -2.17. The van der Waals surface area contributed by atoms with Crippen LogP contribution in [-0.2, 0) is 0 Å². The number of nitriles is 1. The average molecular weight is 274 g/mol. The van der Waals surface area contributed by atoms with Gasteiger partial charge in [0, 0.05) is 13.1 Å². The van der Waals surface area contributed by atoms with Crippen LogP contribution in [0.2, 0.25) is 0 Å². The second kappa shape index (κ2) is 5.16. The summed E-state index contributed by atoms with van der Waals surface area (Å²) in [4.78, 5) is 0. The molecule has 19 heavy (non-hydrogen) atoms. The van der Waals surface area contributed by atoms with Crippen molar-refractivity contribution in [1.82, 2.24) is 4.67 Å². The predicted octanol–water partition coefficient (Wildman–Crippen LogP) is 3.67. The Morgan fingerprint density at radius 2 is 2.00 bits per heavy atom. The van der Waals surface area contributed by atoms with Crippen molar-refractivity contribution in [2.75, 3.05) is 19.8 Å².